The standard InChI is InChI=1S/C9H11N3O/c1-10-8-4-3-5-11-9(8)12-6-7-13-2/h3-5H,6-7H2,2H3,(H,11,12). The SMILES string of the molecule is [C-]#[N+]c1cccnc1NCCOC. The van der Waals surface area contributed by atoms with Crippen molar-refractivity contribution in [2.24, 2.45) is 0 Å². The minimum Gasteiger partial charge on any atom is -0.383 e. The number of anilines is 1. The molecule has 68 valence electrons. The summed E-state index contributed by atoms with van der Waals surface area (Å²) < 4.78 is 4.87. The van der Waals surface area contributed by atoms with Crippen molar-refractivity contribution in [2.75, 3.05) is 25.6 Å². The van der Waals surface area contributed by atoms with E-state index in [0.717, 1.165) is 0 Å². The molecule has 4 heteroatoms. The van der Waals surface area contributed by atoms with Crippen LogP contribution in [0.2, 0.25) is 0 Å². The number of ether oxygens (including phenoxy) is 1. The van der Waals surface area contributed by atoms with Crippen molar-refractivity contribution in [3.63, 3.8) is 0 Å². The van der Waals surface area contributed by atoms with Crippen LogP contribution in [0.15, 0.2) is 18.3 Å². The minimum atomic E-state index is 0.540. The highest BCUT2D eigenvalue weighted by Crippen LogP contribution is 2.20. The highest BCUT2D eigenvalue weighted by molar-refractivity contribution is 5.64. The lowest BCUT2D eigenvalue weighted by molar-refractivity contribution is 0.210. The van der Waals surface area contributed by atoms with E-state index in [9.17, 15) is 0 Å². The predicted molar refractivity (Wildman–Crippen MR) is 50.9 cm³/mol. The molecule has 0 amide bonds. The third-order valence-corrected chi connectivity index (χ3v) is 1.51. The van der Waals surface area contributed by atoms with Crippen molar-refractivity contribution in [1.82, 2.24) is 4.98 Å². The van der Waals surface area contributed by atoms with E-state index in [4.69, 9.17) is 11.3 Å². The molecule has 0 saturated heterocycles. The smallest absolute Gasteiger partial charge is 0.228 e. The van der Waals surface area contributed by atoms with Crippen LogP contribution < -0.4 is 5.32 Å². The van der Waals surface area contributed by atoms with Gasteiger partial charge in [0.1, 0.15) is 5.82 Å². The van der Waals surface area contributed by atoms with Crippen molar-refractivity contribution >= 4 is 11.5 Å². The Balaban J connectivity index is 2.60. The van der Waals surface area contributed by atoms with E-state index >= 15 is 0 Å². The van der Waals surface area contributed by atoms with Crippen LogP contribution in [0.5, 0.6) is 0 Å². The third kappa shape index (κ3) is 2.73. The summed E-state index contributed by atoms with van der Waals surface area (Å²) in [5.41, 5.74) is 0.540. The van der Waals surface area contributed by atoms with Crippen LogP contribution in [0.25, 0.3) is 4.85 Å². The highest BCUT2D eigenvalue weighted by Gasteiger charge is 1.99. The van der Waals surface area contributed by atoms with Crippen LogP contribution >= 0.6 is 0 Å². The van der Waals surface area contributed by atoms with Gasteiger partial charge in [0.15, 0.2) is 0 Å². The van der Waals surface area contributed by atoms with E-state index in [1.165, 1.54) is 0 Å². The molecular weight excluding hydrogens is 166 g/mol. The van der Waals surface area contributed by atoms with Crippen molar-refractivity contribution in [2.45, 2.75) is 0 Å². The average Bonchev–Trinajstić information content (AvgIpc) is 2.19. The zero-order chi connectivity index (χ0) is 9.52. The van der Waals surface area contributed by atoms with Gasteiger partial charge in [-0.05, 0) is 0 Å². The monoisotopic (exact) mass is 177 g/mol. The lowest BCUT2D eigenvalue weighted by atomic mass is 10.4. The predicted octanol–water partition coefficient (Wildman–Crippen LogP) is 1.69. The van der Waals surface area contributed by atoms with Gasteiger partial charge in [-0.1, -0.05) is 12.1 Å². The van der Waals surface area contributed by atoms with E-state index in [1.807, 2.05) is 0 Å². The number of methoxy groups -OCH3 is 1. The number of rotatable bonds is 4. The first-order valence-electron chi connectivity index (χ1n) is 3.93. The molecule has 0 aromatic carbocycles. The van der Waals surface area contributed by atoms with Gasteiger partial charge in [0.2, 0.25) is 5.69 Å². The van der Waals surface area contributed by atoms with Crippen molar-refractivity contribution in [3.8, 4) is 0 Å². The number of nitrogens with one attached hydrogen (secondary N) is 1. The maximum absolute atomic E-state index is 6.88. The van der Waals surface area contributed by atoms with Gasteiger partial charge in [-0.15, -0.1) is 0 Å². The Morgan fingerprint density at radius 2 is 2.54 bits per heavy atom. The van der Waals surface area contributed by atoms with Crippen LogP contribution in [0, 0.1) is 6.57 Å². The molecule has 0 atom stereocenters. The number of hydrogen-bond acceptors (Lipinski definition) is 3. The van der Waals surface area contributed by atoms with E-state index in [2.05, 4.69) is 15.1 Å². The topological polar surface area (TPSA) is 38.5 Å². The van der Waals surface area contributed by atoms with E-state index in [1.54, 1.807) is 25.4 Å². The fourth-order valence-corrected chi connectivity index (χ4v) is 0.895. The first-order chi connectivity index (χ1) is 6.38. The molecule has 1 N–H and O–H groups in total. The zero-order valence-corrected chi connectivity index (χ0v) is 7.45. The van der Waals surface area contributed by atoms with Gasteiger partial charge in [0.05, 0.1) is 13.2 Å². The zero-order valence-electron chi connectivity index (χ0n) is 7.45. The lowest BCUT2D eigenvalue weighted by Crippen LogP contribution is -2.08. The molecule has 1 aromatic rings. The fraction of sp³-hybridized carbons (Fsp3) is 0.333. The second-order valence-corrected chi connectivity index (χ2v) is 2.40. The Labute approximate surface area is 77.4 Å². The number of nitrogens with zero attached hydrogens (tertiary/aromatic N) is 2. The van der Waals surface area contributed by atoms with Gasteiger partial charge in [-0.3, -0.25) is 4.98 Å². The molecule has 1 rings (SSSR count). The van der Waals surface area contributed by atoms with Gasteiger partial charge in [-0.25, -0.2) is 4.85 Å². The second-order valence-electron chi connectivity index (χ2n) is 2.40. The molecular formula is C9H11N3O. The molecule has 0 saturated carbocycles. The summed E-state index contributed by atoms with van der Waals surface area (Å²) in [4.78, 5) is 7.37. The molecule has 4 nitrogen and oxygen atoms in total. The maximum Gasteiger partial charge on any atom is 0.228 e. The molecule has 1 heterocycles. The molecule has 0 aliphatic heterocycles. The van der Waals surface area contributed by atoms with Crippen LogP contribution in [0.3, 0.4) is 0 Å². The molecule has 0 spiro atoms. The molecule has 0 radical (unpaired) electrons. The van der Waals surface area contributed by atoms with Gasteiger partial charge in [0.25, 0.3) is 0 Å². The summed E-state index contributed by atoms with van der Waals surface area (Å²) in [5.74, 6) is 0.620. The van der Waals surface area contributed by atoms with Crippen molar-refractivity contribution < 1.29 is 4.74 Å². The Kier molecular flexibility index (Phi) is 3.74. The largest absolute Gasteiger partial charge is 0.383 e. The molecule has 0 unspecified atom stereocenters. The third-order valence-electron chi connectivity index (χ3n) is 1.51. The summed E-state index contributed by atoms with van der Waals surface area (Å²) >= 11 is 0. The van der Waals surface area contributed by atoms with Crippen LogP contribution in [0.1, 0.15) is 0 Å². The first-order valence-corrected chi connectivity index (χ1v) is 3.93. The van der Waals surface area contributed by atoms with Crippen molar-refractivity contribution in [3.05, 3.63) is 29.7 Å². The summed E-state index contributed by atoms with van der Waals surface area (Å²) in [6.45, 7) is 8.15. The van der Waals surface area contributed by atoms with Gasteiger partial charge in [-0.2, -0.15) is 0 Å². The number of pyridine rings is 1. The normalized spacial score (nSPS) is 9.23. The van der Waals surface area contributed by atoms with Gasteiger partial charge >= 0.3 is 0 Å². The average molecular weight is 177 g/mol. The first kappa shape index (κ1) is 9.49. The Morgan fingerprint density at radius 1 is 1.69 bits per heavy atom. The number of aromatic nitrogens is 1. The van der Waals surface area contributed by atoms with Gasteiger partial charge < -0.3 is 10.1 Å². The quantitative estimate of drug-likeness (QED) is 0.562. The van der Waals surface area contributed by atoms with E-state index in [-0.39, 0.29) is 0 Å². The van der Waals surface area contributed by atoms with E-state index in [0.29, 0.717) is 24.7 Å². The summed E-state index contributed by atoms with van der Waals surface area (Å²) in [6.07, 6.45) is 1.66. The van der Waals surface area contributed by atoms with Crippen molar-refractivity contribution in [1.29, 1.82) is 0 Å². The Hall–Kier alpha value is -1.60. The molecule has 0 fully saturated rings. The number of hydrogen-bond donors (Lipinski definition) is 1. The van der Waals surface area contributed by atoms with Crippen LogP contribution in [-0.2, 0) is 4.74 Å². The highest BCUT2D eigenvalue weighted by atomic mass is 16.5. The molecule has 0 aliphatic carbocycles. The molecule has 13 heavy (non-hydrogen) atoms. The minimum absolute atomic E-state index is 0.540. The van der Waals surface area contributed by atoms with E-state index < -0.39 is 0 Å². The summed E-state index contributed by atoms with van der Waals surface area (Å²) in [6, 6.07) is 3.48. The molecule has 0 bridgehead atoms. The van der Waals surface area contributed by atoms with Crippen LogP contribution in [-0.4, -0.2) is 25.2 Å². The fourth-order valence-electron chi connectivity index (χ4n) is 0.895. The van der Waals surface area contributed by atoms with Gasteiger partial charge in [0, 0.05) is 19.9 Å². The Bertz CT molecular complexity index is 306. The Morgan fingerprint density at radius 3 is 3.23 bits per heavy atom. The van der Waals surface area contributed by atoms with Crippen LogP contribution in [0.4, 0.5) is 11.5 Å². The summed E-state index contributed by atoms with van der Waals surface area (Å²) in [5, 5.41) is 3.02. The lowest BCUT2D eigenvalue weighted by Gasteiger charge is -2.05. The second kappa shape index (κ2) is 5.12. The summed E-state index contributed by atoms with van der Waals surface area (Å²) in [7, 11) is 1.63. The molecule has 0 aliphatic rings. The molecule has 1 aromatic heterocycles. The maximum atomic E-state index is 6.88.